The molecule has 1 rings (SSSR count). The Morgan fingerprint density at radius 3 is 1.96 bits per heavy atom. The van der Waals surface area contributed by atoms with Crippen LogP contribution in [-0.4, -0.2) is 30.0 Å². The molecule has 0 aromatic carbocycles. The molecule has 0 radical (unpaired) electrons. The first-order valence-electron chi connectivity index (χ1n) is 5.61. The van der Waals surface area contributed by atoms with Crippen LogP contribution in [0, 0.1) is 0 Å². The molecular weight excluding hydrogens is 354 g/mol. The van der Waals surface area contributed by atoms with Gasteiger partial charge in [-0.3, -0.25) is 4.79 Å². The third kappa shape index (κ3) is 11.4. The number of nitrogens with two attached hydrogens (primary N) is 2. The van der Waals surface area contributed by atoms with Crippen LogP contribution < -0.4 is 11.5 Å². The summed E-state index contributed by atoms with van der Waals surface area (Å²) in [6, 6.07) is 1.08. The third-order valence-corrected chi connectivity index (χ3v) is 2.96. The highest BCUT2D eigenvalue weighted by atomic mass is 32.1. The van der Waals surface area contributed by atoms with Crippen molar-refractivity contribution in [3.8, 4) is 0 Å². The molecule has 0 atom stereocenters. The number of anilines is 1. The van der Waals surface area contributed by atoms with Crippen LogP contribution in [0.15, 0.2) is 6.07 Å². The Balaban J connectivity index is 0. The summed E-state index contributed by atoms with van der Waals surface area (Å²) in [7, 11) is 0. The van der Waals surface area contributed by atoms with Gasteiger partial charge in [0.15, 0.2) is 0 Å². The first kappa shape index (κ1) is 23.4. The molecule has 0 unspecified atom stereocenters. The van der Waals surface area contributed by atoms with Gasteiger partial charge in [-0.25, -0.2) is 0 Å². The minimum Gasteiger partial charge on any atom is -0.412 e. The lowest BCUT2D eigenvalue weighted by Crippen LogP contribution is -2.12. The zero-order valence-electron chi connectivity index (χ0n) is 11.4. The van der Waals surface area contributed by atoms with Crippen LogP contribution in [0.2, 0.25) is 0 Å². The molecule has 1 amide bonds. The summed E-state index contributed by atoms with van der Waals surface area (Å²) in [5.74, 6) is -0.813. The van der Waals surface area contributed by atoms with Crippen LogP contribution >= 0.6 is 11.3 Å². The summed E-state index contributed by atoms with van der Waals surface area (Å²) in [5.41, 5.74) is 10.2. The minimum atomic E-state index is -4.30. The predicted octanol–water partition coefficient (Wildman–Crippen LogP) is 2.24. The first-order valence-corrected chi connectivity index (χ1v) is 6.42. The number of nitrogen functional groups attached to an aromatic ring is 1. The van der Waals surface area contributed by atoms with E-state index in [0.717, 1.165) is 17.4 Å². The highest BCUT2D eigenvalue weighted by molar-refractivity contribution is 7.16. The Labute approximate surface area is 130 Å². The van der Waals surface area contributed by atoms with E-state index in [-0.39, 0.29) is 27.2 Å². The SMILES string of the molecule is NC(=O)c1cc(CC(F)(F)F)sc1N.O.O=CCCC(F)(F)F. The maximum absolute atomic E-state index is 11.9. The number of amides is 1. The Morgan fingerprint density at radius 2 is 1.70 bits per heavy atom. The Hall–Kier alpha value is -1.82. The largest absolute Gasteiger partial charge is 0.412 e. The molecule has 0 bridgehead atoms. The molecule has 0 aliphatic rings. The van der Waals surface area contributed by atoms with E-state index in [2.05, 4.69) is 0 Å². The number of hydrogen-bond acceptors (Lipinski definition) is 4. The van der Waals surface area contributed by atoms with E-state index in [1.165, 1.54) is 0 Å². The standard InChI is InChI=1S/C7H7F3N2OS.C4H5F3O.H2O/c8-7(9,10)2-3-1-4(5(11)13)6(12)14-3;5-4(6,7)2-1-3-8;/h1H,2,12H2,(H2,11,13);3H,1-2H2;1H2. The number of halogens is 6. The van der Waals surface area contributed by atoms with Gasteiger partial charge in [-0.15, -0.1) is 11.3 Å². The number of hydrogen-bond donors (Lipinski definition) is 2. The van der Waals surface area contributed by atoms with Crippen molar-refractivity contribution in [2.24, 2.45) is 5.73 Å². The van der Waals surface area contributed by atoms with Crippen LogP contribution in [0.3, 0.4) is 0 Å². The van der Waals surface area contributed by atoms with Gasteiger partial charge >= 0.3 is 12.4 Å². The molecule has 134 valence electrons. The Bertz CT molecular complexity index is 513. The summed E-state index contributed by atoms with van der Waals surface area (Å²) >= 11 is 0.727. The van der Waals surface area contributed by atoms with Crippen molar-refractivity contribution in [2.75, 3.05) is 5.73 Å². The second-order valence-electron chi connectivity index (χ2n) is 3.97. The summed E-state index contributed by atoms with van der Waals surface area (Å²) < 4.78 is 69.1. The quantitative estimate of drug-likeness (QED) is 0.627. The number of rotatable bonds is 4. The summed E-state index contributed by atoms with van der Waals surface area (Å²) in [6.45, 7) is 0. The van der Waals surface area contributed by atoms with E-state index in [9.17, 15) is 35.9 Å². The smallest absolute Gasteiger partial charge is 0.393 e. The molecule has 0 aliphatic carbocycles. The molecule has 5 nitrogen and oxygen atoms in total. The Kier molecular flexibility index (Phi) is 9.53. The molecule has 0 saturated heterocycles. The summed E-state index contributed by atoms with van der Waals surface area (Å²) in [4.78, 5) is 20.0. The van der Waals surface area contributed by atoms with Crippen LogP contribution in [0.5, 0.6) is 0 Å². The lowest BCUT2D eigenvalue weighted by Gasteiger charge is -2.01. The normalized spacial score (nSPS) is 11.0. The molecule has 12 heteroatoms. The van der Waals surface area contributed by atoms with Crippen molar-refractivity contribution in [1.29, 1.82) is 0 Å². The molecule has 0 aliphatic heterocycles. The molecule has 0 saturated carbocycles. The van der Waals surface area contributed by atoms with Gasteiger partial charge < -0.3 is 21.7 Å². The summed E-state index contributed by atoms with van der Waals surface area (Å²) in [5, 5.41) is 0.0248. The van der Waals surface area contributed by atoms with Gasteiger partial charge in [0.05, 0.1) is 23.4 Å². The fourth-order valence-electron chi connectivity index (χ4n) is 1.16. The average Bonchev–Trinajstić information content (AvgIpc) is 2.65. The molecule has 1 aromatic rings. The van der Waals surface area contributed by atoms with Crippen LogP contribution in [0.25, 0.3) is 0 Å². The van der Waals surface area contributed by atoms with Crippen molar-refractivity contribution < 1.29 is 41.4 Å². The van der Waals surface area contributed by atoms with Gasteiger partial charge in [0.1, 0.15) is 6.29 Å². The molecule has 1 heterocycles. The molecule has 23 heavy (non-hydrogen) atoms. The zero-order chi connectivity index (χ0) is 17.6. The average molecular weight is 368 g/mol. The van der Waals surface area contributed by atoms with Gasteiger partial charge in [0, 0.05) is 11.3 Å². The van der Waals surface area contributed by atoms with E-state index in [1.54, 1.807) is 0 Å². The highest BCUT2D eigenvalue weighted by Gasteiger charge is 2.29. The molecule has 1 aromatic heterocycles. The second-order valence-corrected chi connectivity index (χ2v) is 5.14. The zero-order valence-corrected chi connectivity index (χ0v) is 12.2. The van der Waals surface area contributed by atoms with Crippen LogP contribution in [0.1, 0.15) is 28.1 Å². The maximum atomic E-state index is 11.9. The number of thiophene rings is 1. The molecule has 6 N–H and O–H groups in total. The summed E-state index contributed by atoms with van der Waals surface area (Å²) in [6.07, 6.45) is -10.7. The third-order valence-electron chi connectivity index (χ3n) is 2.00. The highest BCUT2D eigenvalue weighted by Crippen LogP contribution is 2.30. The van der Waals surface area contributed by atoms with Gasteiger partial charge in [-0.1, -0.05) is 0 Å². The molecule has 0 fully saturated rings. The minimum absolute atomic E-state index is 0. The van der Waals surface area contributed by atoms with Crippen molar-refractivity contribution >= 4 is 28.5 Å². The van der Waals surface area contributed by atoms with E-state index >= 15 is 0 Å². The fourth-order valence-corrected chi connectivity index (χ4v) is 2.12. The van der Waals surface area contributed by atoms with E-state index in [0.29, 0.717) is 0 Å². The van der Waals surface area contributed by atoms with Crippen molar-refractivity contribution in [1.82, 2.24) is 0 Å². The van der Waals surface area contributed by atoms with Crippen molar-refractivity contribution in [3.63, 3.8) is 0 Å². The number of aldehydes is 1. The fraction of sp³-hybridized carbons (Fsp3) is 0.455. The second kappa shape index (κ2) is 9.35. The number of primary amides is 1. The van der Waals surface area contributed by atoms with Crippen molar-refractivity contribution in [3.05, 3.63) is 16.5 Å². The van der Waals surface area contributed by atoms with Gasteiger partial charge in [0.2, 0.25) is 0 Å². The Morgan fingerprint density at radius 1 is 1.17 bits per heavy atom. The first-order chi connectivity index (χ1) is 9.85. The predicted molar refractivity (Wildman–Crippen MR) is 72.0 cm³/mol. The number of alkyl halides is 6. The monoisotopic (exact) mass is 368 g/mol. The lowest BCUT2D eigenvalue weighted by atomic mass is 10.2. The van der Waals surface area contributed by atoms with Gasteiger partial charge in [-0.05, 0) is 6.07 Å². The van der Waals surface area contributed by atoms with Gasteiger partial charge in [-0.2, -0.15) is 26.3 Å². The van der Waals surface area contributed by atoms with Crippen LogP contribution in [-0.2, 0) is 11.2 Å². The maximum Gasteiger partial charge on any atom is 0.393 e. The molecular formula is C11H14F6N2O3S. The number of carbonyl (C=O) groups excluding carboxylic acids is 2. The van der Waals surface area contributed by atoms with E-state index < -0.39 is 37.5 Å². The van der Waals surface area contributed by atoms with Crippen molar-refractivity contribution in [2.45, 2.75) is 31.6 Å². The van der Waals surface area contributed by atoms with Crippen LogP contribution in [0.4, 0.5) is 31.3 Å². The lowest BCUT2D eigenvalue weighted by molar-refractivity contribution is -0.139. The van der Waals surface area contributed by atoms with E-state index in [4.69, 9.17) is 11.5 Å². The van der Waals surface area contributed by atoms with E-state index in [1.807, 2.05) is 0 Å². The topological polar surface area (TPSA) is 118 Å². The number of carbonyl (C=O) groups is 2. The van der Waals surface area contributed by atoms with Gasteiger partial charge in [0.25, 0.3) is 5.91 Å². The molecule has 0 spiro atoms.